The largest absolute Gasteiger partial charge is 0.457 e. The van der Waals surface area contributed by atoms with Crippen LogP contribution in [-0.4, -0.2) is 113 Å². The lowest BCUT2D eigenvalue weighted by Crippen LogP contribution is -2.61. The minimum atomic E-state index is -3.10. The predicted octanol–water partition coefficient (Wildman–Crippen LogP) is 5.14. The van der Waals surface area contributed by atoms with Crippen LogP contribution in [0.25, 0.3) is 6.08 Å². The number of hydrogen-bond acceptors (Lipinski definition) is 11. The highest BCUT2D eigenvalue weighted by Gasteiger charge is 2.58. The monoisotopic (exact) mass is 730 g/mol. The van der Waals surface area contributed by atoms with E-state index in [4.69, 9.17) is 23.7 Å². The Kier molecular flexibility index (Phi) is 13.4. The van der Waals surface area contributed by atoms with Gasteiger partial charge in [-0.2, -0.15) is 0 Å². The molecule has 11 nitrogen and oxygen atoms in total. The molecule has 4 rings (SSSR count). The highest BCUT2D eigenvalue weighted by molar-refractivity contribution is 6.07. The molecule has 3 aliphatic rings. The van der Waals surface area contributed by atoms with E-state index in [9.17, 15) is 19.5 Å². The third-order valence-electron chi connectivity index (χ3n) is 11.4. The Balaban J connectivity index is 1.84. The summed E-state index contributed by atoms with van der Waals surface area (Å²) in [5.74, 6) is -5.73. The molecule has 1 N–H and O–H groups in total. The van der Waals surface area contributed by atoms with E-state index in [1.165, 1.54) is 6.92 Å². The molecule has 0 saturated carbocycles. The van der Waals surface area contributed by atoms with Crippen molar-refractivity contribution in [3.63, 3.8) is 0 Å². The number of nitrogens with zero attached hydrogens (tertiary/aromatic N) is 2. The highest BCUT2D eigenvalue weighted by atomic mass is 19.1. The quantitative estimate of drug-likeness (QED) is 0.217. The van der Waals surface area contributed by atoms with Crippen LogP contribution in [0.15, 0.2) is 42.8 Å². The fourth-order valence-corrected chi connectivity index (χ4v) is 8.55. The molecule has 13 atom stereocenters. The van der Waals surface area contributed by atoms with Gasteiger partial charge < -0.3 is 33.7 Å². The van der Waals surface area contributed by atoms with Crippen molar-refractivity contribution < 1.29 is 47.6 Å². The summed E-state index contributed by atoms with van der Waals surface area (Å²) in [5, 5.41) is 11.5. The number of aromatic nitrogens is 1. The van der Waals surface area contributed by atoms with Crippen LogP contribution in [0.3, 0.4) is 0 Å². The SMILES string of the molecule is C=C1CO[C@]2(C)[C@@H](CC)OC(=O)C(C)(F)C(=O)[C@H](C)[C@@H](O[C@@H]3O[C@H](C)C[C@H](N(C)C)[C@H]3O)[C@](C)(OC/C=C\c3cccnc3)C[C@@H](C)C(=O)C(C)[C@H]12. The molecule has 2 unspecified atom stereocenters. The van der Waals surface area contributed by atoms with Gasteiger partial charge in [0.25, 0.3) is 5.67 Å². The predicted molar refractivity (Wildman–Crippen MR) is 194 cm³/mol. The second-order valence-electron chi connectivity index (χ2n) is 15.8. The number of halogens is 1. The van der Waals surface area contributed by atoms with Crippen LogP contribution in [0.4, 0.5) is 4.39 Å². The minimum Gasteiger partial charge on any atom is -0.457 e. The summed E-state index contributed by atoms with van der Waals surface area (Å²) in [7, 11) is 3.68. The molecule has 3 saturated heterocycles. The summed E-state index contributed by atoms with van der Waals surface area (Å²) < 4.78 is 48.2. The summed E-state index contributed by atoms with van der Waals surface area (Å²) in [5.41, 5.74) is -4.25. The van der Waals surface area contributed by atoms with E-state index in [-0.39, 0.29) is 44.0 Å². The molecule has 0 amide bonds. The van der Waals surface area contributed by atoms with Crippen LogP contribution in [-0.2, 0) is 38.1 Å². The first-order chi connectivity index (χ1) is 24.3. The summed E-state index contributed by atoms with van der Waals surface area (Å²) in [4.78, 5) is 48.5. The number of ketones is 2. The number of hydrogen-bond donors (Lipinski definition) is 1. The standard InChI is InChI=1S/C40H59FN2O9/c1-12-30-40(9)31(24(3)22-49-40)26(5)32(44)23(2)20-38(7,48-18-14-16-28-15-13-17-42-21-28)35(27(6)34(46)39(8,41)37(47)51-30)52-36-33(45)29(43(10)11)19-25(4)50-36/h13-17,21,23,25-27,29-31,33,35-36,45H,3,12,18-20,22H2,1-2,4-11H3/b16-14-/t23-,25-,26?,27+,29+,30-,31+,33-,35-,36+,38-,39?,40-/m1/s1. The van der Waals surface area contributed by atoms with Gasteiger partial charge in [-0.1, -0.05) is 52.5 Å². The number of alkyl halides is 1. The summed E-state index contributed by atoms with van der Waals surface area (Å²) in [6, 6.07) is 3.33. The molecule has 0 aromatic carbocycles. The molecule has 0 bridgehead atoms. The molecule has 0 spiro atoms. The first-order valence-electron chi connectivity index (χ1n) is 18.4. The molecule has 3 aliphatic heterocycles. The number of aliphatic hydroxyl groups excluding tert-OH is 1. The molecule has 290 valence electrons. The van der Waals surface area contributed by atoms with E-state index in [0.29, 0.717) is 12.0 Å². The third kappa shape index (κ3) is 8.58. The van der Waals surface area contributed by atoms with Crippen molar-refractivity contribution in [2.45, 2.75) is 128 Å². The lowest BCUT2D eigenvalue weighted by molar-refractivity contribution is -0.297. The van der Waals surface area contributed by atoms with Crippen LogP contribution >= 0.6 is 0 Å². The Labute approximate surface area is 308 Å². The number of carbonyl (C=O) groups excluding carboxylic acids is 3. The van der Waals surface area contributed by atoms with Crippen molar-refractivity contribution in [2.24, 2.45) is 23.7 Å². The van der Waals surface area contributed by atoms with Crippen LogP contribution < -0.4 is 0 Å². The van der Waals surface area contributed by atoms with E-state index in [1.54, 1.807) is 52.2 Å². The number of ether oxygens (including phenoxy) is 5. The number of esters is 1. The lowest BCUT2D eigenvalue weighted by Gasteiger charge is -2.47. The molecule has 1 aromatic rings. The number of cyclic esters (lactones) is 1. The molecule has 12 heteroatoms. The van der Waals surface area contributed by atoms with Gasteiger partial charge >= 0.3 is 5.97 Å². The van der Waals surface area contributed by atoms with Crippen molar-refractivity contribution in [3.8, 4) is 0 Å². The number of fused-ring (bicyclic) bond motifs is 1. The first-order valence-corrected chi connectivity index (χ1v) is 18.4. The summed E-state index contributed by atoms with van der Waals surface area (Å²) >= 11 is 0. The molecule has 0 radical (unpaired) electrons. The number of pyridine rings is 1. The van der Waals surface area contributed by atoms with Crippen molar-refractivity contribution in [1.29, 1.82) is 0 Å². The zero-order valence-electron chi connectivity index (χ0n) is 32.5. The maximum atomic E-state index is 16.8. The smallest absolute Gasteiger partial charge is 0.351 e. The molecular weight excluding hydrogens is 671 g/mol. The van der Waals surface area contributed by atoms with E-state index in [0.717, 1.165) is 12.5 Å². The average Bonchev–Trinajstić information content (AvgIpc) is 3.41. The number of carbonyl (C=O) groups is 3. The minimum absolute atomic E-state index is 0.0197. The second-order valence-corrected chi connectivity index (χ2v) is 15.8. The first kappa shape index (κ1) is 41.9. The van der Waals surface area contributed by atoms with E-state index < -0.39 is 76.9 Å². The van der Waals surface area contributed by atoms with Crippen molar-refractivity contribution in [3.05, 3.63) is 48.3 Å². The highest BCUT2D eigenvalue weighted by Crippen LogP contribution is 2.47. The van der Waals surface area contributed by atoms with Gasteiger partial charge in [-0.25, -0.2) is 9.18 Å². The van der Waals surface area contributed by atoms with Crippen LogP contribution in [0, 0.1) is 23.7 Å². The molecule has 4 heterocycles. The number of rotatable bonds is 8. The van der Waals surface area contributed by atoms with Gasteiger partial charge in [0.15, 0.2) is 12.1 Å². The molecule has 52 heavy (non-hydrogen) atoms. The Morgan fingerprint density at radius 1 is 1.13 bits per heavy atom. The van der Waals surface area contributed by atoms with E-state index in [1.807, 2.05) is 45.0 Å². The molecule has 3 fully saturated rings. The number of aliphatic hydroxyl groups is 1. The Morgan fingerprint density at radius 2 is 1.83 bits per heavy atom. The maximum Gasteiger partial charge on any atom is 0.351 e. The molecule has 0 aliphatic carbocycles. The zero-order valence-corrected chi connectivity index (χ0v) is 32.5. The topological polar surface area (TPSA) is 134 Å². The molecular formula is C40H59FN2O9. The van der Waals surface area contributed by atoms with E-state index in [2.05, 4.69) is 11.6 Å². The van der Waals surface area contributed by atoms with Gasteiger partial charge in [-0.15, -0.1) is 0 Å². The van der Waals surface area contributed by atoms with Gasteiger partial charge in [-0.05, 0) is 78.3 Å². The Hall–Kier alpha value is -2.87. The summed E-state index contributed by atoms with van der Waals surface area (Å²) in [6.07, 6.45) is 2.78. The Bertz CT molecular complexity index is 1470. The zero-order chi connectivity index (χ0) is 38.8. The second kappa shape index (κ2) is 16.7. The van der Waals surface area contributed by atoms with Crippen molar-refractivity contribution in [1.82, 2.24) is 9.88 Å². The van der Waals surface area contributed by atoms with Gasteiger partial charge in [0, 0.05) is 42.1 Å². The van der Waals surface area contributed by atoms with Gasteiger partial charge in [0.1, 0.15) is 23.6 Å². The fraction of sp³-hybridized carbons (Fsp3) is 0.700. The lowest BCUT2D eigenvalue weighted by atomic mass is 9.69. The van der Waals surface area contributed by atoms with Gasteiger partial charge in [0.05, 0.1) is 31.0 Å². The third-order valence-corrected chi connectivity index (χ3v) is 11.4. The van der Waals surface area contributed by atoms with E-state index >= 15 is 4.39 Å². The number of likely N-dealkylation sites (N-methyl/N-ethyl adjacent to an activating group) is 1. The molecule has 1 aromatic heterocycles. The summed E-state index contributed by atoms with van der Waals surface area (Å²) in [6.45, 7) is 17.4. The normalized spacial score (nSPS) is 41.2. The number of Topliss-reactive ketones (excluding diaryl/α,β-unsaturated/α-hetero) is 2. The van der Waals surface area contributed by atoms with Crippen LogP contribution in [0.5, 0.6) is 0 Å². The Morgan fingerprint density at radius 3 is 2.44 bits per heavy atom. The van der Waals surface area contributed by atoms with Gasteiger partial charge in [-0.3, -0.25) is 14.6 Å². The fourth-order valence-electron chi connectivity index (χ4n) is 8.55. The maximum absolute atomic E-state index is 16.8. The van der Waals surface area contributed by atoms with Crippen LogP contribution in [0.2, 0.25) is 0 Å². The van der Waals surface area contributed by atoms with Crippen molar-refractivity contribution >= 4 is 23.6 Å². The van der Waals surface area contributed by atoms with Crippen LogP contribution in [0.1, 0.15) is 80.2 Å². The van der Waals surface area contributed by atoms with Crippen molar-refractivity contribution in [2.75, 3.05) is 27.3 Å². The van der Waals surface area contributed by atoms with Gasteiger partial charge in [0.2, 0.25) is 0 Å². The average molecular weight is 731 g/mol.